The number of benzene rings is 3. The van der Waals surface area contributed by atoms with Gasteiger partial charge in [0.15, 0.2) is 0 Å². The zero-order valence-corrected chi connectivity index (χ0v) is 19.7. The van der Waals surface area contributed by atoms with Gasteiger partial charge in [0.2, 0.25) is 5.91 Å². The Kier molecular flexibility index (Phi) is 6.79. The van der Waals surface area contributed by atoms with Crippen LogP contribution in [0.3, 0.4) is 0 Å². The minimum atomic E-state index is 0.0982. The van der Waals surface area contributed by atoms with E-state index in [0.29, 0.717) is 19.5 Å². The summed E-state index contributed by atoms with van der Waals surface area (Å²) in [5.41, 5.74) is 2.73. The van der Waals surface area contributed by atoms with Crippen LogP contribution in [0.15, 0.2) is 66.7 Å². The van der Waals surface area contributed by atoms with Crippen LogP contribution < -0.4 is 10.2 Å². The van der Waals surface area contributed by atoms with E-state index in [1.165, 1.54) is 25.7 Å². The van der Waals surface area contributed by atoms with E-state index in [9.17, 15) is 9.59 Å². The molecule has 1 N–H and O–H groups in total. The largest absolute Gasteiger partial charge is 0.368 e. The Morgan fingerprint density at radius 3 is 2.26 bits per heavy atom. The molecule has 0 atom stereocenters. The first-order valence-electron chi connectivity index (χ1n) is 12.6. The fourth-order valence-corrected chi connectivity index (χ4v) is 5.29. The molecule has 2 aliphatic rings. The van der Waals surface area contributed by atoms with Crippen molar-refractivity contribution in [3.05, 3.63) is 72.3 Å². The number of hydrogen-bond donors (Lipinski definition) is 1. The summed E-state index contributed by atoms with van der Waals surface area (Å²) in [6.45, 7) is 3.00. The van der Waals surface area contributed by atoms with Crippen LogP contribution >= 0.6 is 0 Å². The number of piperazine rings is 1. The normalized spacial score (nSPS) is 16.7. The molecule has 1 aliphatic carbocycles. The molecular weight excluding hydrogens is 422 g/mol. The van der Waals surface area contributed by atoms with Gasteiger partial charge in [0.25, 0.3) is 5.91 Å². The first kappa shape index (κ1) is 22.5. The quantitative estimate of drug-likeness (QED) is 0.518. The van der Waals surface area contributed by atoms with Crippen molar-refractivity contribution in [2.24, 2.45) is 5.92 Å². The molecule has 5 rings (SSSR count). The van der Waals surface area contributed by atoms with Gasteiger partial charge < -0.3 is 15.1 Å². The van der Waals surface area contributed by atoms with Crippen molar-refractivity contribution in [1.82, 2.24) is 4.90 Å². The Labute approximate surface area is 201 Å². The zero-order valence-electron chi connectivity index (χ0n) is 19.7. The van der Waals surface area contributed by atoms with Gasteiger partial charge in [-0.25, -0.2) is 0 Å². The number of anilines is 2. The predicted octanol–water partition coefficient (Wildman–Crippen LogP) is 5.71. The van der Waals surface area contributed by atoms with Crippen LogP contribution in [-0.4, -0.2) is 42.9 Å². The minimum Gasteiger partial charge on any atom is -0.368 e. The molecule has 1 heterocycles. The third-order valence-electron chi connectivity index (χ3n) is 7.33. The van der Waals surface area contributed by atoms with E-state index in [2.05, 4.69) is 28.4 Å². The lowest BCUT2D eigenvalue weighted by Crippen LogP contribution is -2.48. The van der Waals surface area contributed by atoms with Gasteiger partial charge in [0.05, 0.1) is 0 Å². The highest BCUT2D eigenvalue weighted by Crippen LogP contribution is 2.29. The Bertz CT molecular complexity index is 1140. The molecule has 0 radical (unpaired) electrons. The highest BCUT2D eigenvalue weighted by atomic mass is 16.2. The average molecular weight is 456 g/mol. The van der Waals surface area contributed by atoms with Gasteiger partial charge in [-0.1, -0.05) is 56.0 Å². The van der Waals surface area contributed by atoms with Gasteiger partial charge in [-0.05, 0) is 59.5 Å². The SMILES string of the molecule is O=C(CCC1CCCC1)Nc1ccc(N2CCN(C(=O)c3ccc4ccccc4c3)CC2)cc1. The van der Waals surface area contributed by atoms with Crippen LogP contribution in [0.25, 0.3) is 10.8 Å². The molecule has 3 aromatic carbocycles. The van der Waals surface area contributed by atoms with Crippen LogP contribution in [0, 0.1) is 5.92 Å². The monoisotopic (exact) mass is 455 g/mol. The third-order valence-corrected chi connectivity index (χ3v) is 7.33. The molecule has 1 saturated heterocycles. The van der Waals surface area contributed by atoms with Crippen LogP contribution in [0.2, 0.25) is 0 Å². The van der Waals surface area contributed by atoms with Gasteiger partial charge in [-0.2, -0.15) is 0 Å². The molecular formula is C29H33N3O2. The van der Waals surface area contributed by atoms with Crippen LogP contribution in [0.4, 0.5) is 11.4 Å². The Morgan fingerprint density at radius 2 is 1.53 bits per heavy atom. The second kappa shape index (κ2) is 10.3. The van der Waals surface area contributed by atoms with E-state index in [1.807, 2.05) is 53.4 Å². The van der Waals surface area contributed by atoms with Crippen LogP contribution in [-0.2, 0) is 4.79 Å². The van der Waals surface area contributed by atoms with E-state index >= 15 is 0 Å². The summed E-state index contributed by atoms with van der Waals surface area (Å²) >= 11 is 0. The highest BCUT2D eigenvalue weighted by molar-refractivity contribution is 5.98. The van der Waals surface area contributed by atoms with Crippen molar-refractivity contribution in [3.8, 4) is 0 Å². The number of rotatable bonds is 6. The maximum Gasteiger partial charge on any atom is 0.253 e. The summed E-state index contributed by atoms with van der Waals surface area (Å²) in [6.07, 6.45) is 6.82. The van der Waals surface area contributed by atoms with Gasteiger partial charge >= 0.3 is 0 Å². The fourth-order valence-electron chi connectivity index (χ4n) is 5.29. The standard InChI is InChI=1S/C29H33N3O2/c33-28(16-9-22-5-1-2-6-22)30-26-12-14-27(15-13-26)31-17-19-32(20-18-31)29(34)25-11-10-23-7-3-4-8-24(23)21-25/h3-4,7-8,10-15,21-22H,1-2,5-6,9,16-20H2,(H,30,33). The average Bonchev–Trinajstić information content (AvgIpc) is 3.41. The van der Waals surface area contributed by atoms with Crippen LogP contribution in [0.5, 0.6) is 0 Å². The molecule has 5 heteroatoms. The molecule has 0 aromatic heterocycles. The molecule has 1 saturated carbocycles. The molecule has 0 spiro atoms. The van der Waals surface area contributed by atoms with Gasteiger partial charge in [0, 0.05) is 49.5 Å². The molecule has 34 heavy (non-hydrogen) atoms. The molecule has 0 unspecified atom stereocenters. The number of hydrogen-bond acceptors (Lipinski definition) is 3. The molecule has 0 bridgehead atoms. The molecule has 176 valence electrons. The van der Waals surface area contributed by atoms with Crippen molar-refractivity contribution in [2.45, 2.75) is 38.5 Å². The van der Waals surface area contributed by atoms with E-state index in [0.717, 1.165) is 53.1 Å². The lowest BCUT2D eigenvalue weighted by molar-refractivity contribution is -0.116. The number of nitrogens with one attached hydrogen (secondary N) is 1. The summed E-state index contributed by atoms with van der Waals surface area (Å²) < 4.78 is 0. The van der Waals surface area contributed by atoms with Crippen molar-refractivity contribution < 1.29 is 9.59 Å². The Balaban J connectivity index is 1.12. The maximum atomic E-state index is 13.0. The molecule has 3 aromatic rings. The molecule has 2 fully saturated rings. The van der Waals surface area contributed by atoms with Crippen LogP contribution in [0.1, 0.15) is 48.9 Å². The van der Waals surface area contributed by atoms with E-state index in [-0.39, 0.29) is 11.8 Å². The Hall–Kier alpha value is -3.34. The number of fused-ring (bicyclic) bond motifs is 1. The number of carbonyl (C=O) groups is 2. The topological polar surface area (TPSA) is 52.7 Å². The lowest BCUT2D eigenvalue weighted by Gasteiger charge is -2.36. The van der Waals surface area contributed by atoms with E-state index in [1.54, 1.807) is 0 Å². The number of carbonyl (C=O) groups excluding carboxylic acids is 2. The first-order valence-corrected chi connectivity index (χ1v) is 12.6. The number of amides is 2. The molecule has 5 nitrogen and oxygen atoms in total. The van der Waals surface area contributed by atoms with E-state index < -0.39 is 0 Å². The maximum absolute atomic E-state index is 13.0. The smallest absolute Gasteiger partial charge is 0.253 e. The second-order valence-electron chi connectivity index (χ2n) is 9.63. The minimum absolute atomic E-state index is 0.0982. The van der Waals surface area contributed by atoms with Crippen molar-refractivity contribution >= 4 is 34.0 Å². The highest BCUT2D eigenvalue weighted by Gasteiger charge is 2.22. The third kappa shape index (κ3) is 5.24. The fraction of sp³-hybridized carbons (Fsp3) is 0.379. The van der Waals surface area contributed by atoms with Crippen molar-refractivity contribution in [2.75, 3.05) is 36.4 Å². The van der Waals surface area contributed by atoms with Gasteiger partial charge in [0.1, 0.15) is 0 Å². The van der Waals surface area contributed by atoms with Crippen molar-refractivity contribution in [3.63, 3.8) is 0 Å². The van der Waals surface area contributed by atoms with Gasteiger partial charge in [-0.15, -0.1) is 0 Å². The molecule has 1 aliphatic heterocycles. The predicted molar refractivity (Wildman–Crippen MR) is 138 cm³/mol. The second-order valence-corrected chi connectivity index (χ2v) is 9.63. The summed E-state index contributed by atoms with van der Waals surface area (Å²) in [6, 6.07) is 22.2. The molecule has 2 amide bonds. The zero-order chi connectivity index (χ0) is 23.3. The summed E-state index contributed by atoms with van der Waals surface area (Å²) in [7, 11) is 0. The van der Waals surface area contributed by atoms with E-state index in [4.69, 9.17) is 0 Å². The lowest BCUT2D eigenvalue weighted by atomic mass is 10.0. The summed E-state index contributed by atoms with van der Waals surface area (Å²) in [5, 5.41) is 5.28. The van der Waals surface area contributed by atoms with Crippen molar-refractivity contribution in [1.29, 1.82) is 0 Å². The summed E-state index contributed by atoms with van der Waals surface area (Å²) in [5.74, 6) is 0.946. The number of nitrogens with zero attached hydrogens (tertiary/aromatic N) is 2. The Morgan fingerprint density at radius 1 is 0.824 bits per heavy atom. The summed E-state index contributed by atoms with van der Waals surface area (Å²) in [4.78, 5) is 29.6. The van der Waals surface area contributed by atoms with Gasteiger partial charge in [-0.3, -0.25) is 9.59 Å². The first-order chi connectivity index (χ1) is 16.7.